The second-order valence-corrected chi connectivity index (χ2v) is 10.6. The van der Waals surface area contributed by atoms with Gasteiger partial charge in [-0.3, -0.25) is 0 Å². The minimum absolute atomic E-state index is 0.217. The minimum Gasteiger partial charge on any atom is -0.239 e. The number of rotatable bonds is 7. The van der Waals surface area contributed by atoms with Gasteiger partial charge in [0.1, 0.15) is 5.83 Å². The number of benzene rings is 1. The van der Waals surface area contributed by atoms with E-state index in [2.05, 4.69) is 19.6 Å². The van der Waals surface area contributed by atoms with Crippen molar-refractivity contribution < 1.29 is 8.78 Å². The quantitative estimate of drug-likeness (QED) is 0.402. The summed E-state index contributed by atoms with van der Waals surface area (Å²) < 4.78 is 31.0. The average Bonchev–Trinajstić information content (AvgIpc) is 2.81. The van der Waals surface area contributed by atoms with Crippen LogP contribution in [0.2, 0.25) is 0 Å². The normalized spacial score (nSPS) is 35.8. The molecule has 0 aromatic heterocycles. The fourth-order valence-electron chi connectivity index (χ4n) is 7.14. The van der Waals surface area contributed by atoms with Gasteiger partial charge >= 0.3 is 0 Å². The SMILES string of the molecule is C=CCCC1(C2CCC(C3CCC(CCC)CC3)CC2)C=c2ccccc2=C(F)C1F. The lowest BCUT2D eigenvalue weighted by atomic mass is 9.59. The van der Waals surface area contributed by atoms with E-state index in [0.717, 1.165) is 42.2 Å². The zero-order valence-electron chi connectivity index (χ0n) is 19.3. The number of halogens is 2. The molecule has 0 spiro atoms. The third-order valence-corrected chi connectivity index (χ3v) is 8.91. The standard InChI is InChI=1S/C29H40F2/c1-3-5-19-29(20-24-9-6-7-10-26(24)27(30)28(29)31)25-17-15-23(16-18-25)22-13-11-21(8-4-2)12-14-22/h3,6-7,9-10,20-23,25,28H,1,4-5,8,11-19H2,2H3. The minimum atomic E-state index is -1.53. The van der Waals surface area contributed by atoms with Crippen molar-refractivity contribution >= 4 is 11.9 Å². The second-order valence-electron chi connectivity index (χ2n) is 10.6. The van der Waals surface area contributed by atoms with Crippen molar-refractivity contribution in [2.45, 2.75) is 90.1 Å². The van der Waals surface area contributed by atoms with Crippen molar-refractivity contribution in [3.8, 4) is 0 Å². The average molecular weight is 427 g/mol. The van der Waals surface area contributed by atoms with Crippen LogP contribution < -0.4 is 10.4 Å². The zero-order valence-corrected chi connectivity index (χ0v) is 19.3. The number of hydrogen-bond donors (Lipinski definition) is 0. The first-order valence-corrected chi connectivity index (χ1v) is 12.8. The Labute approximate surface area is 187 Å². The van der Waals surface area contributed by atoms with Gasteiger partial charge < -0.3 is 0 Å². The van der Waals surface area contributed by atoms with Crippen LogP contribution in [0.3, 0.4) is 0 Å². The van der Waals surface area contributed by atoms with Crippen LogP contribution in [0.25, 0.3) is 11.9 Å². The third kappa shape index (κ3) is 4.55. The maximum absolute atomic E-state index is 15.8. The molecule has 0 nitrogen and oxygen atoms in total. The molecule has 0 heterocycles. The molecule has 0 N–H and O–H groups in total. The summed E-state index contributed by atoms with van der Waals surface area (Å²) in [5.41, 5.74) is -0.726. The highest BCUT2D eigenvalue weighted by Crippen LogP contribution is 2.52. The molecular weight excluding hydrogens is 386 g/mol. The van der Waals surface area contributed by atoms with E-state index in [9.17, 15) is 0 Å². The Hall–Kier alpha value is -1.44. The molecule has 3 aliphatic rings. The van der Waals surface area contributed by atoms with E-state index >= 15 is 8.78 Å². The van der Waals surface area contributed by atoms with Crippen LogP contribution in [0.4, 0.5) is 8.78 Å². The van der Waals surface area contributed by atoms with E-state index in [-0.39, 0.29) is 5.92 Å². The van der Waals surface area contributed by atoms with E-state index < -0.39 is 17.4 Å². The van der Waals surface area contributed by atoms with Crippen molar-refractivity contribution in [3.05, 3.63) is 47.4 Å². The number of allylic oxidation sites excluding steroid dienone is 1. The second kappa shape index (κ2) is 10.0. The summed E-state index contributed by atoms with van der Waals surface area (Å²) in [5, 5.41) is 1.32. The van der Waals surface area contributed by atoms with E-state index in [4.69, 9.17) is 0 Å². The van der Waals surface area contributed by atoms with E-state index in [1.807, 2.05) is 18.2 Å². The van der Waals surface area contributed by atoms with Crippen molar-refractivity contribution in [2.75, 3.05) is 0 Å². The molecule has 0 bridgehead atoms. The van der Waals surface area contributed by atoms with Crippen LogP contribution in [-0.2, 0) is 0 Å². The van der Waals surface area contributed by atoms with Crippen molar-refractivity contribution in [1.82, 2.24) is 0 Å². The molecule has 2 unspecified atom stereocenters. The molecule has 2 saturated carbocycles. The van der Waals surface area contributed by atoms with Gasteiger partial charge in [-0.05, 0) is 80.3 Å². The molecule has 2 heteroatoms. The molecule has 2 fully saturated rings. The smallest absolute Gasteiger partial charge is 0.161 e. The van der Waals surface area contributed by atoms with E-state index in [1.54, 1.807) is 12.1 Å². The largest absolute Gasteiger partial charge is 0.239 e. The molecule has 0 aliphatic heterocycles. The predicted octanol–water partition coefficient (Wildman–Crippen LogP) is 7.26. The number of hydrogen-bond acceptors (Lipinski definition) is 0. The van der Waals surface area contributed by atoms with Gasteiger partial charge in [0.2, 0.25) is 0 Å². The van der Waals surface area contributed by atoms with E-state index in [1.165, 1.54) is 51.4 Å². The van der Waals surface area contributed by atoms with Gasteiger partial charge in [0, 0.05) is 10.6 Å². The Balaban J connectivity index is 1.50. The lowest BCUT2D eigenvalue weighted by molar-refractivity contribution is 0.0591. The molecule has 0 saturated heterocycles. The molecule has 0 amide bonds. The molecule has 2 atom stereocenters. The Morgan fingerprint density at radius 3 is 2.29 bits per heavy atom. The summed E-state index contributed by atoms with van der Waals surface area (Å²) in [6.07, 6.45) is 16.5. The molecule has 0 radical (unpaired) electrons. The predicted molar refractivity (Wildman–Crippen MR) is 127 cm³/mol. The molecule has 1 aromatic carbocycles. The van der Waals surface area contributed by atoms with Gasteiger partial charge in [-0.1, -0.05) is 69.0 Å². The fourth-order valence-corrected chi connectivity index (χ4v) is 7.14. The van der Waals surface area contributed by atoms with Gasteiger partial charge in [0.05, 0.1) is 0 Å². The van der Waals surface area contributed by atoms with Gasteiger partial charge in [0.25, 0.3) is 0 Å². The Kier molecular flexibility index (Phi) is 7.34. The maximum atomic E-state index is 15.8. The van der Waals surface area contributed by atoms with Crippen LogP contribution in [0.5, 0.6) is 0 Å². The zero-order chi connectivity index (χ0) is 21.8. The first kappa shape index (κ1) is 22.7. The number of alkyl halides is 1. The van der Waals surface area contributed by atoms with Gasteiger partial charge in [0.15, 0.2) is 6.17 Å². The highest BCUT2D eigenvalue weighted by molar-refractivity contribution is 5.55. The van der Waals surface area contributed by atoms with Crippen LogP contribution >= 0.6 is 0 Å². The van der Waals surface area contributed by atoms with Crippen molar-refractivity contribution in [3.63, 3.8) is 0 Å². The maximum Gasteiger partial charge on any atom is 0.161 e. The third-order valence-electron chi connectivity index (χ3n) is 8.91. The van der Waals surface area contributed by atoms with Crippen LogP contribution in [0, 0.1) is 29.1 Å². The summed E-state index contributed by atoms with van der Waals surface area (Å²) in [7, 11) is 0. The van der Waals surface area contributed by atoms with Gasteiger partial charge in [-0.2, -0.15) is 0 Å². The first-order chi connectivity index (χ1) is 15.1. The lowest BCUT2D eigenvalue weighted by Crippen LogP contribution is -2.48. The van der Waals surface area contributed by atoms with Crippen LogP contribution in [0.1, 0.15) is 84.0 Å². The van der Waals surface area contributed by atoms with Crippen molar-refractivity contribution in [1.29, 1.82) is 0 Å². The summed E-state index contributed by atoms with van der Waals surface area (Å²) in [6.45, 7) is 6.17. The fraction of sp³-hybridized carbons (Fsp3) is 0.655. The molecule has 3 aliphatic carbocycles. The topological polar surface area (TPSA) is 0 Å². The monoisotopic (exact) mass is 426 g/mol. The Morgan fingerprint density at radius 1 is 1.00 bits per heavy atom. The lowest BCUT2D eigenvalue weighted by Gasteiger charge is -2.46. The van der Waals surface area contributed by atoms with Crippen LogP contribution in [0.15, 0.2) is 36.9 Å². The van der Waals surface area contributed by atoms with E-state index in [0.29, 0.717) is 11.6 Å². The van der Waals surface area contributed by atoms with Crippen LogP contribution in [-0.4, -0.2) is 6.17 Å². The molecule has 31 heavy (non-hydrogen) atoms. The Morgan fingerprint density at radius 2 is 1.65 bits per heavy atom. The first-order valence-electron chi connectivity index (χ1n) is 12.8. The Bertz CT molecular complexity index is 855. The number of fused-ring (bicyclic) bond motifs is 1. The molecule has 4 rings (SSSR count). The molecule has 1 aromatic rings. The van der Waals surface area contributed by atoms with Gasteiger partial charge in [-0.25, -0.2) is 8.78 Å². The summed E-state index contributed by atoms with van der Waals surface area (Å²) >= 11 is 0. The van der Waals surface area contributed by atoms with Crippen molar-refractivity contribution in [2.24, 2.45) is 29.1 Å². The summed E-state index contributed by atoms with van der Waals surface area (Å²) in [5.74, 6) is 2.26. The highest BCUT2D eigenvalue weighted by Gasteiger charge is 2.48. The summed E-state index contributed by atoms with van der Waals surface area (Å²) in [6, 6.07) is 7.40. The molecule has 170 valence electrons. The highest BCUT2D eigenvalue weighted by atomic mass is 19.2. The summed E-state index contributed by atoms with van der Waals surface area (Å²) in [4.78, 5) is 0. The molecular formula is C29H40F2. The van der Waals surface area contributed by atoms with Gasteiger partial charge in [-0.15, -0.1) is 6.58 Å².